The Morgan fingerprint density at radius 2 is 1.55 bits per heavy atom. The molecule has 20 heavy (non-hydrogen) atoms. The van der Waals surface area contributed by atoms with Gasteiger partial charge in [0.25, 0.3) is 0 Å². The molecule has 5 nitrogen and oxygen atoms in total. The fraction of sp³-hybridized carbons (Fsp3) is 1.00. The minimum Gasteiger partial charge on any atom is -0.354 e. The van der Waals surface area contributed by atoms with E-state index in [1.54, 1.807) is 0 Å². The average Bonchev–Trinajstić information content (AvgIpc) is 2.18. The van der Waals surface area contributed by atoms with E-state index in [2.05, 4.69) is 20.8 Å². The highest BCUT2D eigenvalue weighted by Gasteiger charge is 2.33. The van der Waals surface area contributed by atoms with E-state index in [1.165, 1.54) is 17.7 Å². The van der Waals surface area contributed by atoms with Crippen LogP contribution in [-0.2, 0) is 19.5 Å². The molecule has 0 amide bonds. The lowest BCUT2D eigenvalue weighted by Crippen LogP contribution is -2.50. The summed E-state index contributed by atoms with van der Waals surface area (Å²) in [7, 11) is -1.79. The second-order valence-corrected chi connectivity index (χ2v) is 9.18. The molecule has 0 rings (SSSR count). The Kier molecular flexibility index (Phi) is 6.67. The molecule has 0 fully saturated rings. The average molecular weight is 309 g/mol. The highest BCUT2D eigenvalue weighted by atomic mass is 32.2. The number of nitrogens with zero attached hydrogens (tertiary/aromatic N) is 1. The number of sulfonamides is 1. The minimum atomic E-state index is -3.33. The molecule has 0 saturated heterocycles. The molecule has 0 aromatic rings. The first-order valence-corrected chi connectivity index (χ1v) is 8.70. The number of ether oxygens (including phenoxy) is 2. The van der Waals surface area contributed by atoms with Gasteiger partial charge in [0.05, 0.1) is 18.9 Å². The number of hydrogen-bond donors (Lipinski definition) is 0. The molecule has 6 heteroatoms. The summed E-state index contributed by atoms with van der Waals surface area (Å²) in [4.78, 5) is 0. The second kappa shape index (κ2) is 6.73. The molecule has 122 valence electrons. The van der Waals surface area contributed by atoms with Crippen molar-refractivity contribution in [1.82, 2.24) is 4.31 Å². The first-order valence-electron chi connectivity index (χ1n) is 6.85. The largest absolute Gasteiger partial charge is 0.354 e. The Labute approximate surface area is 124 Å². The van der Waals surface area contributed by atoms with Gasteiger partial charge in [-0.05, 0) is 33.1 Å². The molecule has 0 radical (unpaired) electrons. The zero-order valence-corrected chi connectivity index (χ0v) is 15.2. The highest BCUT2D eigenvalue weighted by molar-refractivity contribution is 7.88. The van der Waals surface area contributed by atoms with Crippen molar-refractivity contribution in [2.24, 2.45) is 5.41 Å². The Hall–Kier alpha value is -0.170. The highest BCUT2D eigenvalue weighted by Crippen LogP contribution is 2.25. The fourth-order valence-electron chi connectivity index (χ4n) is 1.65. The first-order chi connectivity index (χ1) is 8.69. The van der Waals surface area contributed by atoms with Gasteiger partial charge in [0, 0.05) is 12.6 Å². The predicted molar refractivity (Wildman–Crippen MR) is 82.1 cm³/mol. The Morgan fingerprint density at radius 1 is 1.10 bits per heavy atom. The van der Waals surface area contributed by atoms with Crippen molar-refractivity contribution in [3.8, 4) is 0 Å². The zero-order valence-electron chi connectivity index (χ0n) is 14.4. The van der Waals surface area contributed by atoms with Gasteiger partial charge in [-0.15, -0.1) is 0 Å². The lowest BCUT2D eigenvalue weighted by molar-refractivity contribution is -0.180. The molecule has 0 heterocycles. The van der Waals surface area contributed by atoms with Crippen LogP contribution in [-0.4, -0.2) is 50.6 Å². The summed E-state index contributed by atoms with van der Waals surface area (Å²) in [6, 6.07) is 0. The first kappa shape index (κ1) is 19.8. The molecule has 1 unspecified atom stereocenters. The van der Waals surface area contributed by atoms with Crippen LogP contribution in [0.5, 0.6) is 0 Å². The third-order valence-electron chi connectivity index (χ3n) is 3.30. The van der Waals surface area contributed by atoms with Crippen LogP contribution >= 0.6 is 0 Å². The molecule has 0 saturated carbocycles. The van der Waals surface area contributed by atoms with Crippen LogP contribution < -0.4 is 0 Å². The van der Waals surface area contributed by atoms with E-state index in [4.69, 9.17) is 9.47 Å². The molecular weight excluding hydrogens is 278 g/mol. The Bertz CT molecular complexity index is 392. The van der Waals surface area contributed by atoms with E-state index in [0.29, 0.717) is 0 Å². The maximum atomic E-state index is 11.9. The van der Waals surface area contributed by atoms with E-state index in [-0.39, 0.29) is 18.1 Å². The second-order valence-electron chi connectivity index (χ2n) is 7.27. The van der Waals surface area contributed by atoms with Crippen LogP contribution in [0, 0.1) is 5.41 Å². The van der Waals surface area contributed by atoms with Crippen LogP contribution in [0.15, 0.2) is 0 Å². The maximum Gasteiger partial charge on any atom is 0.211 e. The summed E-state index contributed by atoms with van der Waals surface area (Å²) in [6.45, 7) is 13.9. The van der Waals surface area contributed by atoms with Gasteiger partial charge in [-0.2, -0.15) is 4.31 Å². The van der Waals surface area contributed by atoms with Gasteiger partial charge in [-0.3, -0.25) is 0 Å². The van der Waals surface area contributed by atoms with E-state index in [0.717, 1.165) is 0 Å². The predicted octanol–water partition coefficient (Wildman–Crippen LogP) is 2.47. The van der Waals surface area contributed by atoms with Crippen molar-refractivity contribution in [2.75, 3.05) is 19.9 Å². The summed E-state index contributed by atoms with van der Waals surface area (Å²) < 4.78 is 36.4. The molecule has 0 aliphatic carbocycles. The van der Waals surface area contributed by atoms with Crippen molar-refractivity contribution < 1.29 is 17.9 Å². The topological polar surface area (TPSA) is 55.8 Å². The lowest BCUT2D eigenvalue weighted by Gasteiger charge is -2.37. The molecule has 0 N–H and O–H groups in total. The van der Waals surface area contributed by atoms with E-state index < -0.39 is 21.9 Å². The normalized spacial score (nSPS) is 17.3. The molecule has 0 aromatic heterocycles. The van der Waals surface area contributed by atoms with Gasteiger partial charge in [-0.25, -0.2) is 8.42 Å². The quantitative estimate of drug-likeness (QED) is 0.707. The molecule has 0 spiro atoms. The van der Waals surface area contributed by atoms with Crippen molar-refractivity contribution >= 4 is 10.0 Å². The van der Waals surface area contributed by atoms with Crippen LogP contribution in [0.3, 0.4) is 0 Å². The molecule has 2 atom stereocenters. The van der Waals surface area contributed by atoms with Crippen LogP contribution in [0.4, 0.5) is 0 Å². The van der Waals surface area contributed by atoms with Gasteiger partial charge in [-0.1, -0.05) is 20.8 Å². The van der Waals surface area contributed by atoms with Crippen LogP contribution in [0.2, 0.25) is 0 Å². The van der Waals surface area contributed by atoms with Gasteiger partial charge < -0.3 is 9.47 Å². The van der Waals surface area contributed by atoms with E-state index >= 15 is 0 Å². The van der Waals surface area contributed by atoms with E-state index in [9.17, 15) is 8.42 Å². The lowest BCUT2D eigenvalue weighted by atomic mass is 9.90. The van der Waals surface area contributed by atoms with Crippen molar-refractivity contribution in [3.63, 3.8) is 0 Å². The number of methoxy groups -OCH3 is 1. The smallest absolute Gasteiger partial charge is 0.211 e. The van der Waals surface area contributed by atoms with Crippen molar-refractivity contribution in [2.45, 2.75) is 66.4 Å². The third kappa shape index (κ3) is 6.52. The summed E-state index contributed by atoms with van der Waals surface area (Å²) in [5, 5.41) is 0. The Balaban J connectivity index is 5.02. The van der Waals surface area contributed by atoms with Gasteiger partial charge in [0.2, 0.25) is 10.0 Å². The van der Waals surface area contributed by atoms with Crippen molar-refractivity contribution in [1.29, 1.82) is 0 Å². The van der Waals surface area contributed by atoms with Crippen LogP contribution in [0.1, 0.15) is 48.5 Å². The summed E-state index contributed by atoms with van der Waals surface area (Å²) >= 11 is 0. The maximum absolute atomic E-state index is 11.9. The number of hydrogen-bond acceptors (Lipinski definition) is 4. The minimum absolute atomic E-state index is 0.0333. The van der Waals surface area contributed by atoms with E-state index in [1.807, 2.05) is 27.7 Å². The standard InChI is InChI=1S/C14H31NO4S/c1-11(13(2,3)4)19-12(18-8)10-15(14(5,6)7)20(9,16)17/h11-12H,10H2,1-9H3/t11-,12?/m0/s1. The molecule has 0 aromatic carbocycles. The fourth-order valence-corrected chi connectivity index (χ4v) is 3.03. The molecule has 0 bridgehead atoms. The monoisotopic (exact) mass is 309 g/mol. The third-order valence-corrected chi connectivity index (χ3v) is 4.80. The number of rotatable bonds is 6. The summed E-state index contributed by atoms with van der Waals surface area (Å²) in [5.74, 6) is 0. The van der Waals surface area contributed by atoms with Crippen LogP contribution in [0.25, 0.3) is 0 Å². The van der Waals surface area contributed by atoms with Crippen molar-refractivity contribution in [3.05, 3.63) is 0 Å². The SMILES string of the molecule is COC(CN(C(C)(C)C)S(C)(=O)=O)O[C@@H](C)C(C)(C)C. The molecule has 0 aliphatic rings. The summed E-state index contributed by atoms with van der Waals surface area (Å²) in [6.07, 6.45) is 0.574. The Morgan fingerprint density at radius 3 is 1.80 bits per heavy atom. The zero-order chi connectivity index (χ0) is 16.4. The molecule has 0 aliphatic heterocycles. The van der Waals surface area contributed by atoms with Gasteiger partial charge >= 0.3 is 0 Å². The van der Waals surface area contributed by atoms with Gasteiger partial charge in [0.1, 0.15) is 0 Å². The summed E-state index contributed by atoms with van der Waals surface area (Å²) in [5.41, 5.74) is -0.548. The van der Waals surface area contributed by atoms with Gasteiger partial charge in [0.15, 0.2) is 6.29 Å². The molecular formula is C14H31NO4S.